The summed E-state index contributed by atoms with van der Waals surface area (Å²) < 4.78 is 6.45. The Morgan fingerprint density at radius 2 is 2.08 bits per heavy atom. The Bertz CT molecular complexity index is 942. The number of nitrogens with two attached hydrogens (primary N) is 1. The molecule has 1 aromatic heterocycles. The normalized spacial score (nSPS) is 10.7. The SMILES string of the molecule is Cc1cc(OCC(=O)Nc2cc(C)c3nc(NN)sc3c2)ccc1Cl. The molecule has 4 N–H and O–H groups in total. The lowest BCUT2D eigenvalue weighted by molar-refractivity contribution is -0.118. The van der Waals surface area contributed by atoms with E-state index < -0.39 is 0 Å². The summed E-state index contributed by atoms with van der Waals surface area (Å²) >= 11 is 7.40. The molecule has 0 unspecified atom stereocenters. The molecule has 8 heteroatoms. The molecule has 0 bridgehead atoms. The van der Waals surface area contributed by atoms with Gasteiger partial charge in [0.05, 0.1) is 10.2 Å². The monoisotopic (exact) mass is 376 g/mol. The van der Waals surface area contributed by atoms with Gasteiger partial charge in [0, 0.05) is 10.7 Å². The number of aryl methyl sites for hydroxylation is 2. The second kappa shape index (κ2) is 7.26. The number of thiazole rings is 1. The highest BCUT2D eigenvalue weighted by Crippen LogP contribution is 2.30. The highest BCUT2D eigenvalue weighted by molar-refractivity contribution is 7.22. The molecule has 3 aromatic rings. The van der Waals surface area contributed by atoms with Crippen LogP contribution in [0.3, 0.4) is 0 Å². The van der Waals surface area contributed by atoms with Gasteiger partial charge in [-0.1, -0.05) is 22.9 Å². The van der Waals surface area contributed by atoms with E-state index in [1.54, 1.807) is 18.2 Å². The zero-order valence-electron chi connectivity index (χ0n) is 13.7. The Balaban J connectivity index is 1.68. The maximum absolute atomic E-state index is 12.1. The topological polar surface area (TPSA) is 89.3 Å². The molecule has 0 saturated heterocycles. The van der Waals surface area contributed by atoms with E-state index in [-0.39, 0.29) is 12.5 Å². The molecule has 0 fully saturated rings. The molecule has 0 aliphatic carbocycles. The Morgan fingerprint density at radius 3 is 2.80 bits per heavy atom. The van der Waals surface area contributed by atoms with Gasteiger partial charge >= 0.3 is 0 Å². The fourth-order valence-corrected chi connectivity index (χ4v) is 3.39. The van der Waals surface area contributed by atoms with Gasteiger partial charge in [-0.3, -0.25) is 10.2 Å². The molecule has 25 heavy (non-hydrogen) atoms. The van der Waals surface area contributed by atoms with Crippen LogP contribution >= 0.6 is 22.9 Å². The lowest BCUT2D eigenvalue weighted by Crippen LogP contribution is -2.20. The van der Waals surface area contributed by atoms with Crippen LogP contribution in [0.25, 0.3) is 10.2 Å². The largest absolute Gasteiger partial charge is 0.484 e. The van der Waals surface area contributed by atoms with Gasteiger partial charge in [-0.2, -0.15) is 0 Å². The van der Waals surface area contributed by atoms with Crippen LogP contribution in [0.2, 0.25) is 5.02 Å². The maximum Gasteiger partial charge on any atom is 0.262 e. The van der Waals surface area contributed by atoms with Crippen LogP contribution in [0.4, 0.5) is 10.8 Å². The first-order valence-corrected chi connectivity index (χ1v) is 8.72. The van der Waals surface area contributed by atoms with E-state index in [0.29, 0.717) is 21.6 Å². The van der Waals surface area contributed by atoms with Crippen molar-refractivity contribution in [3.05, 3.63) is 46.5 Å². The van der Waals surface area contributed by atoms with E-state index in [2.05, 4.69) is 15.7 Å². The van der Waals surface area contributed by atoms with Crippen LogP contribution in [-0.2, 0) is 4.79 Å². The number of nitrogens with one attached hydrogen (secondary N) is 2. The third kappa shape index (κ3) is 4.01. The number of benzene rings is 2. The van der Waals surface area contributed by atoms with E-state index in [0.717, 1.165) is 21.3 Å². The average molecular weight is 377 g/mol. The summed E-state index contributed by atoms with van der Waals surface area (Å²) in [7, 11) is 0. The first kappa shape index (κ1) is 17.5. The Morgan fingerprint density at radius 1 is 1.28 bits per heavy atom. The van der Waals surface area contributed by atoms with Gasteiger partial charge in [-0.25, -0.2) is 10.8 Å². The maximum atomic E-state index is 12.1. The van der Waals surface area contributed by atoms with Crippen molar-refractivity contribution in [3.63, 3.8) is 0 Å². The molecular weight excluding hydrogens is 360 g/mol. The second-order valence-corrected chi connectivity index (χ2v) is 6.99. The van der Waals surface area contributed by atoms with E-state index in [1.807, 2.05) is 26.0 Å². The zero-order chi connectivity index (χ0) is 18.0. The third-order valence-corrected chi connectivity index (χ3v) is 4.95. The summed E-state index contributed by atoms with van der Waals surface area (Å²) in [6.07, 6.45) is 0. The predicted molar refractivity (Wildman–Crippen MR) is 102 cm³/mol. The number of halogens is 1. The summed E-state index contributed by atoms with van der Waals surface area (Å²) in [4.78, 5) is 16.5. The smallest absolute Gasteiger partial charge is 0.262 e. The average Bonchev–Trinajstić information content (AvgIpc) is 3.00. The Kier molecular flexibility index (Phi) is 5.08. The number of carbonyl (C=O) groups excluding carboxylic acids is 1. The molecule has 0 atom stereocenters. The third-order valence-electron chi connectivity index (χ3n) is 3.59. The van der Waals surface area contributed by atoms with Gasteiger partial charge in [0.1, 0.15) is 5.75 Å². The van der Waals surface area contributed by atoms with Crippen molar-refractivity contribution in [3.8, 4) is 5.75 Å². The summed E-state index contributed by atoms with van der Waals surface area (Å²) in [5.74, 6) is 5.76. The number of hydrazine groups is 1. The number of nitrogens with zero attached hydrogens (tertiary/aromatic N) is 1. The molecule has 130 valence electrons. The van der Waals surface area contributed by atoms with Crippen molar-refractivity contribution in [2.45, 2.75) is 13.8 Å². The fraction of sp³-hybridized carbons (Fsp3) is 0.176. The number of hydrogen-bond acceptors (Lipinski definition) is 6. The first-order chi connectivity index (χ1) is 12.0. The van der Waals surface area contributed by atoms with Crippen molar-refractivity contribution in [1.82, 2.24) is 4.98 Å². The molecule has 1 heterocycles. The minimum absolute atomic E-state index is 0.0869. The van der Waals surface area contributed by atoms with Gasteiger partial charge in [-0.15, -0.1) is 0 Å². The molecule has 0 aliphatic heterocycles. The number of hydrogen-bond donors (Lipinski definition) is 3. The summed E-state index contributed by atoms with van der Waals surface area (Å²) in [5, 5.41) is 4.13. The molecule has 0 spiro atoms. The number of aromatic nitrogens is 1. The minimum Gasteiger partial charge on any atom is -0.484 e. The highest BCUT2D eigenvalue weighted by Gasteiger charge is 2.10. The Labute approximate surface area is 153 Å². The summed E-state index contributed by atoms with van der Waals surface area (Å²) in [6.45, 7) is 3.73. The van der Waals surface area contributed by atoms with E-state index in [4.69, 9.17) is 22.2 Å². The predicted octanol–water partition coefficient (Wildman–Crippen LogP) is 3.87. The number of amides is 1. The number of fused-ring (bicyclic) bond motifs is 1. The number of carbonyl (C=O) groups is 1. The number of rotatable bonds is 5. The van der Waals surface area contributed by atoms with Gasteiger partial charge in [-0.05, 0) is 55.3 Å². The first-order valence-electron chi connectivity index (χ1n) is 7.53. The van der Waals surface area contributed by atoms with E-state index >= 15 is 0 Å². The number of anilines is 2. The van der Waals surface area contributed by atoms with Crippen LogP contribution in [-0.4, -0.2) is 17.5 Å². The summed E-state index contributed by atoms with van der Waals surface area (Å²) in [5.41, 5.74) is 5.96. The van der Waals surface area contributed by atoms with Crippen LogP contribution in [0, 0.1) is 13.8 Å². The van der Waals surface area contributed by atoms with E-state index in [1.165, 1.54) is 11.3 Å². The fourth-order valence-electron chi connectivity index (χ4n) is 2.38. The molecule has 1 amide bonds. The van der Waals surface area contributed by atoms with Crippen molar-refractivity contribution in [2.75, 3.05) is 17.3 Å². The molecule has 0 radical (unpaired) electrons. The van der Waals surface area contributed by atoms with Crippen molar-refractivity contribution < 1.29 is 9.53 Å². The van der Waals surface area contributed by atoms with Gasteiger partial charge in [0.15, 0.2) is 11.7 Å². The van der Waals surface area contributed by atoms with E-state index in [9.17, 15) is 4.79 Å². The molecule has 0 saturated carbocycles. The second-order valence-electron chi connectivity index (χ2n) is 5.55. The van der Waals surface area contributed by atoms with Crippen molar-refractivity contribution in [2.24, 2.45) is 5.84 Å². The van der Waals surface area contributed by atoms with Crippen molar-refractivity contribution in [1.29, 1.82) is 0 Å². The highest BCUT2D eigenvalue weighted by atomic mass is 35.5. The standard InChI is InChI=1S/C17H17ClN4O2S/c1-9-6-12(3-4-13(9)18)24-8-15(23)20-11-5-10(2)16-14(7-11)25-17(21-16)22-19/h3-7H,8,19H2,1-2H3,(H,20,23)(H,21,22). The van der Waals surface area contributed by atoms with Crippen LogP contribution in [0.15, 0.2) is 30.3 Å². The summed E-state index contributed by atoms with van der Waals surface area (Å²) in [6, 6.07) is 9.01. The van der Waals surface area contributed by atoms with Gasteiger partial charge in [0.25, 0.3) is 5.91 Å². The van der Waals surface area contributed by atoms with Crippen LogP contribution in [0.5, 0.6) is 5.75 Å². The van der Waals surface area contributed by atoms with Crippen LogP contribution in [0.1, 0.15) is 11.1 Å². The molecule has 6 nitrogen and oxygen atoms in total. The minimum atomic E-state index is -0.243. The molecule has 2 aromatic carbocycles. The quantitative estimate of drug-likeness (QED) is 0.464. The van der Waals surface area contributed by atoms with Gasteiger partial charge in [0.2, 0.25) is 0 Å². The molecule has 3 rings (SSSR count). The Hall–Kier alpha value is -2.35. The number of nitrogen functional groups attached to an aromatic ring is 1. The van der Waals surface area contributed by atoms with Crippen LogP contribution < -0.4 is 21.3 Å². The van der Waals surface area contributed by atoms with Gasteiger partial charge < -0.3 is 10.1 Å². The number of ether oxygens (including phenoxy) is 1. The van der Waals surface area contributed by atoms with Crippen molar-refractivity contribution >= 4 is 49.9 Å². The zero-order valence-corrected chi connectivity index (χ0v) is 15.3. The molecule has 0 aliphatic rings. The lowest BCUT2D eigenvalue weighted by atomic mass is 10.2. The lowest BCUT2D eigenvalue weighted by Gasteiger charge is -2.09. The molecular formula is C17H17ClN4O2S.